The van der Waals surface area contributed by atoms with Crippen LogP contribution in [0.4, 0.5) is 0 Å². The third-order valence-corrected chi connectivity index (χ3v) is 9.11. The number of carbonyl (C=O) groups is 1. The van der Waals surface area contributed by atoms with Crippen molar-refractivity contribution in [3.05, 3.63) is 52.6 Å². The molecular weight excluding hydrogens is 608 g/mol. The number of hydrogen-bond acceptors (Lipinski definition) is 15. The number of aliphatic hydroxyl groups is 2. The van der Waals surface area contributed by atoms with Gasteiger partial charge >= 0.3 is 5.97 Å². The third kappa shape index (κ3) is 6.34. The summed E-state index contributed by atoms with van der Waals surface area (Å²) in [5.41, 5.74) is -0.144. The van der Waals surface area contributed by atoms with E-state index in [0.717, 1.165) is 36.0 Å². The Labute approximate surface area is 253 Å². The molecule has 0 saturated heterocycles. The summed E-state index contributed by atoms with van der Waals surface area (Å²) in [6.45, 7) is 1.23. The van der Waals surface area contributed by atoms with Gasteiger partial charge in [0.1, 0.15) is 17.2 Å². The molecule has 0 spiro atoms. The topological polar surface area (TPSA) is 238 Å². The molecule has 0 radical (unpaired) electrons. The summed E-state index contributed by atoms with van der Waals surface area (Å²) < 4.78 is 11.9. The standard InChI is InChI=1S/C28H30O13S2/c1-11(42-4-2-29)20-14(31)10-19-21(24(20)38)27(43-5-3-30)26(25(40-19)12-6-15(32)22(36)16(33)7-12)41-28(39)13-8-17(34)23(37)18(35)9-13/h6-11,25-27,29-38H,2-5H2,1H3/t11-,25-,26+,27+/m1/s1. The highest BCUT2D eigenvalue weighted by Crippen LogP contribution is 2.57. The molecule has 3 aromatic rings. The van der Waals surface area contributed by atoms with Gasteiger partial charge in [-0.2, -0.15) is 11.8 Å². The molecule has 0 aliphatic carbocycles. The van der Waals surface area contributed by atoms with Gasteiger partial charge in [0, 0.05) is 33.9 Å². The lowest BCUT2D eigenvalue weighted by atomic mass is 9.90. The van der Waals surface area contributed by atoms with Gasteiger partial charge in [-0.05, 0) is 31.2 Å². The number of aliphatic hydroxyl groups excluding tert-OH is 2. The smallest absolute Gasteiger partial charge is 0.338 e. The van der Waals surface area contributed by atoms with E-state index in [4.69, 9.17) is 9.47 Å². The van der Waals surface area contributed by atoms with Crippen LogP contribution >= 0.6 is 23.5 Å². The lowest BCUT2D eigenvalue weighted by molar-refractivity contribution is -0.0204. The molecule has 0 amide bonds. The van der Waals surface area contributed by atoms with Gasteiger partial charge in [-0.25, -0.2) is 4.79 Å². The summed E-state index contributed by atoms with van der Waals surface area (Å²) in [4.78, 5) is 13.3. The van der Waals surface area contributed by atoms with E-state index in [1.165, 1.54) is 17.8 Å². The van der Waals surface area contributed by atoms with E-state index in [9.17, 15) is 55.9 Å². The van der Waals surface area contributed by atoms with Crippen LogP contribution in [0.25, 0.3) is 0 Å². The van der Waals surface area contributed by atoms with Crippen molar-refractivity contribution in [1.29, 1.82) is 0 Å². The van der Waals surface area contributed by atoms with Crippen LogP contribution in [0.2, 0.25) is 0 Å². The fourth-order valence-corrected chi connectivity index (χ4v) is 6.72. The summed E-state index contributed by atoms with van der Waals surface area (Å²) >= 11 is 2.31. The van der Waals surface area contributed by atoms with Crippen molar-refractivity contribution in [3.8, 4) is 51.7 Å². The van der Waals surface area contributed by atoms with E-state index < -0.39 is 63.2 Å². The molecule has 0 fully saturated rings. The summed E-state index contributed by atoms with van der Waals surface area (Å²) in [7, 11) is 0. The van der Waals surface area contributed by atoms with Crippen LogP contribution in [0.5, 0.6) is 51.7 Å². The normalized spacial score (nSPS) is 18.4. The summed E-state index contributed by atoms with van der Waals surface area (Å²) in [6.07, 6.45) is -2.75. The summed E-state index contributed by atoms with van der Waals surface area (Å²) in [5.74, 6) is -6.23. The minimum atomic E-state index is -1.40. The number of esters is 1. The number of aromatic hydroxyl groups is 8. The first kappa shape index (κ1) is 31.9. The van der Waals surface area contributed by atoms with Gasteiger partial charge in [-0.15, -0.1) is 11.8 Å². The molecule has 232 valence electrons. The van der Waals surface area contributed by atoms with Crippen molar-refractivity contribution in [1.82, 2.24) is 0 Å². The van der Waals surface area contributed by atoms with Crippen molar-refractivity contribution in [2.45, 2.75) is 29.6 Å². The molecule has 4 rings (SSSR count). The van der Waals surface area contributed by atoms with E-state index in [2.05, 4.69) is 0 Å². The molecular formula is C28H30O13S2. The predicted octanol–water partition coefficient (Wildman–Crippen LogP) is 3.24. The van der Waals surface area contributed by atoms with Crippen LogP contribution in [-0.2, 0) is 4.74 Å². The van der Waals surface area contributed by atoms with Crippen molar-refractivity contribution >= 4 is 29.5 Å². The van der Waals surface area contributed by atoms with Crippen LogP contribution in [0.3, 0.4) is 0 Å². The zero-order chi connectivity index (χ0) is 31.6. The molecule has 3 aromatic carbocycles. The highest BCUT2D eigenvalue weighted by molar-refractivity contribution is 7.99. The molecule has 0 aromatic heterocycles. The average molecular weight is 639 g/mol. The Hall–Kier alpha value is -4.05. The maximum atomic E-state index is 13.3. The fraction of sp³-hybridized carbons (Fsp3) is 0.321. The van der Waals surface area contributed by atoms with Gasteiger partial charge in [0.25, 0.3) is 0 Å². The molecule has 0 bridgehead atoms. The van der Waals surface area contributed by atoms with E-state index in [-0.39, 0.29) is 58.5 Å². The van der Waals surface area contributed by atoms with Crippen molar-refractivity contribution in [2.24, 2.45) is 0 Å². The molecule has 0 saturated carbocycles. The molecule has 1 aliphatic heterocycles. The molecule has 43 heavy (non-hydrogen) atoms. The summed E-state index contributed by atoms with van der Waals surface area (Å²) in [5, 5.41) is 99.6. The van der Waals surface area contributed by atoms with Gasteiger partial charge in [0.15, 0.2) is 46.7 Å². The SMILES string of the molecule is C[C@@H](SCCO)c1c(O)cc2c(c1O)[C@H](SCCO)[C@@H](OC(=O)c1cc(O)c(O)c(O)c1)[C@@H](c1cc(O)c(O)c(O)c1)O2. The first-order valence-electron chi connectivity index (χ1n) is 12.8. The van der Waals surface area contributed by atoms with E-state index in [1.54, 1.807) is 6.92 Å². The maximum Gasteiger partial charge on any atom is 0.338 e. The molecule has 13 nitrogen and oxygen atoms in total. The van der Waals surface area contributed by atoms with Crippen LogP contribution in [0.1, 0.15) is 50.6 Å². The Balaban J connectivity index is 1.90. The third-order valence-electron chi connectivity index (χ3n) is 6.68. The van der Waals surface area contributed by atoms with Crippen molar-refractivity contribution < 1.29 is 65.3 Å². The molecule has 10 N–H and O–H groups in total. The van der Waals surface area contributed by atoms with E-state index in [1.807, 2.05) is 0 Å². The second-order valence-electron chi connectivity index (χ2n) is 9.50. The average Bonchev–Trinajstić information content (AvgIpc) is 2.96. The quantitative estimate of drug-likeness (QED) is 0.113. The number of benzene rings is 3. The number of hydrogen-bond donors (Lipinski definition) is 10. The van der Waals surface area contributed by atoms with Gasteiger partial charge in [0.05, 0.1) is 29.6 Å². The number of phenolic OH excluding ortho intramolecular Hbond substituents is 8. The minimum Gasteiger partial charge on any atom is -0.507 e. The monoisotopic (exact) mass is 638 g/mol. The zero-order valence-corrected chi connectivity index (χ0v) is 24.2. The van der Waals surface area contributed by atoms with Crippen LogP contribution < -0.4 is 4.74 Å². The van der Waals surface area contributed by atoms with Crippen LogP contribution in [-0.4, -0.2) is 87.9 Å². The fourth-order valence-electron chi connectivity index (χ4n) is 4.72. The molecule has 1 heterocycles. The Morgan fingerprint density at radius 1 is 0.814 bits per heavy atom. The lowest BCUT2D eigenvalue weighted by Crippen LogP contribution is -2.37. The Kier molecular flexibility index (Phi) is 9.69. The van der Waals surface area contributed by atoms with Crippen LogP contribution in [0, 0.1) is 0 Å². The number of thioether (sulfide) groups is 2. The maximum absolute atomic E-state index is 13.3. The number of rotatable bonds is 10. The Morgan fingerprint density at radius 3 is 1.93 bits per heavy atom. The second-order valence-corrected chi connectivity index (χ2v) is 12.2. The second kappa shape index (κ2) is 13.1. The van der Waals surface area contributed by atoms with E-state index in [0.29, 0.717) is 5.75 Å². The van der Waals surface area contributed by atoms with E-state index >= 15 is 0 Å². The predicted molar refractivity (Wildman–Crippen MR) is 155 cm³/mol. The van der Waals surface area contributed by atoms with Gasteiger partial charge < -0.3 is 60.5 Å². The van der Waals surface area contributed by atoms with Crippen molar-refractivity contribution in [2.75, 3.05) is 24.7 Å². The number of carbonyl (C=O) groups excluding carboxylic acids is 1. The van der Waals surface area contributed by atoms with Crippen molar-refractivity contribution in [3.63, 3.8) is 0 Å². The highest BCUT2D eigenvalue weighted by atomic mass is 32.2. The molecule has 1 aliphatic rings. The number of fused-ring (bicyclic) bond motifs is 1. The van der Waals surface area contributed by atoms with Gasteiger partial charge in [0.2, 0.25) is 0 Å². The zero-order valence-electron chi connectivity index (χ0n) is 22.5. The molecule has 15 heteroatoms. The highest BCUT2D eigenvalue weighted by Gasteiger charge is 2.46. The lowest BCUT2D eigenvalue weighted by Gasteiger charge is -2.40. The minimum absolute atomic E-state index is 0.0113. The van der Waals surface area contributed by atoms with Crippen LogP contribution in [0.15, 0.2) is 30.3 Å². The molecule has 4 atom stereocenters. The number of phenols is 8. The molecule has 0 unspecified atom stereocenters. The Bertz CT molecular complexity index is 1470. The Morgan fingerprint density at radius 2 is 1.37 bits per heavy atom. The summed E-state index contributed by atoms with van der Waals surface area (Å²) in [6, 6.07) is 5.06. The first-order valence-corrected chi connectivity index (χ1v) is 14.9. The van der Waals surface area contributed by atoms with Gasteiger partial charge in [-0.3, -0.25) is 0 Å². The largest absolute Gasteiger partial charge is 0.507 e. The number of ether oxygens (including phenoxy) is 2. The first-order chi connectivity index (χ1) is 20.4. The van der Waals surface area contributed by atoms with Gasteiger partial charge in [-0.1, -0.05) is 0 Å².